The molecule has 0 atom stereocenters. The van der Waals surface area contributed by atoms with Crippen molar-refractivity contribution in [3.63, 3.8) is 0 Å². The van der Waals surface area contributed by atoms with Gasteiger partial charge >= 0.3 is 0 Å². The molecule has 1 fully saturated rings. The molecule has 0 bridgehead atoms. The Balaban J connectivity index is 1.35. The molecule has 162 valence electrons. The number of ether oxygens (including phenoxy) is 1. The Kier molecular flexibility index (Phi) is 6.85. The van der Waals surface area contributed by atoms with Crippen LogP contribution in [0.1, 0.15) is 41.8 Å². The van der Waals surface area contributed by atoms with Crippen molar-refractivity contribution in [2.24, 2.45) is 0 Å². The Morgan fingerprint density at radius 1 is 1.20 bits per heavy atom. The Morgan fingerprint density at radius 2 is 1.97 bits per heavy atom. The number of fused-ring (bicyclic) bond motifs is 1. The van der Waals surface area contributed by atoms with Crippen molar-refractivity contribution in [3.8, 4) is 0 Å². The van der Waals surface area contributed by atoms with Gasteiger partial charge in [-0.2, -0.15) is 5.10 Å². The van der Waals surface area contributed by atoms with E-state index in [1.807, 2.05) is 24.6 Å². The fraction of sp³-hybridized carbons (Fsp3) is 0.583. The summed E-state index contributed by atoms with van der Waals surface area (Å²) in [6.07, 6.45) is 3.99. The first kappa shape index (κ1) is 21.1. The van der Waals surface area contributed by atoms with Gasteiger partial charge in [0, 0.05) is 51.1 Å². The van der Waals surface area contributed by atoms with Crippen molar-refractivity contribution in [2.45, 2.75) is 58.7 Å². The number of hydrogen-bond acceptors (Lipinski definition) is 4. The number of hydrogen-bond donors (Lipinski definition) is 0. The van der Waals surface area contributed by atoms with Crippen molar-refractivity contribution in [1.29, 1.82) is 0 Å². The highest BCUT2D eigenvalue weighted by Gasteiger charge is 2.26. The number of aromatic nitrogens is 2. The van der Waals surface area contributed by atoms with Gasteiger partial charge in [0.05, 0.1) is 5.69 Å². The number of carbonyl (C=O) groups is 1. The summed E-state index contributed by atoms with van der Waals surface area (Å²) in [5, 5.41) is 4.49. The maximum atomic E-state index is 13.2. The van der Waals surface area contributed by atoms with Crippen LogP contribution in [0.15, 0.2) is 30.3 Å². The van der Waals surface area contributed by atoms with E-state index >= 15 is 0 Å². The van der Waals surface area contributed by atoms with Crippen LogP contribution in [0.25, 0.3) is 0 Å². The van der Waals surface area contributed by atoms with Gasteiger partial charge in [0.2, 0.25) is 5.91 Å². The highest BCUT2D eigenvalue weighted by Crippen LogP contribution is 2.20. The summed E-state index contributed by atoms with van der Waals surface area (Å²) in [5.41, 5.74) is 4.94. The number of nitrogens with zero attached hydrogens (tertiary/aromatic N) is 4. The molecule has 3 heterocycles. The van der Waals surface area contributed by atoms with Gasteiger partial charge in [-0.15, -0.1) is 0 Å². The normalized spacial score (nSPS) is 17.7. The monoisotopic (exact) mass is 410 g/mol. The SMILES string of the molecule is Cc1cc(C)n(CC(=O)N(CCCN2CCc3ccccc3C2)C2CCOCC2)n1. The van der Waals surface area contributed by atoms with Gasteiger partial charge in [0.15, 0.2) is 0 Å². The molecule has 30 heavy (non-hydrogen) atoms. The van der Waals surface area contributed by atoms with Gasteiger partial charge in [-0.3, -0.25) is 14.4 Å². The standard InChI is InChI=1S/C24H34N4O2/c1-19-16-20(2)28(25-19)18-24(29)27(23-9-14-30-15-10-23)12-5-11-26-13-8-21-6-3-4-7-22(21)17-26/h3-4,6-7,16,23H,5,8-15,17-18H2,1-2H3. The Morgan fingerprint density at radius 3 is 2.70 bits per heavy atom. The molecule has 2 aliphatic rings. The second-order valence-corrected chi connectivity index (χ2v) is 8.66. The zero-order valence-electron chi connectivity index (χ0n) is 18.3. The molecule has 1 amide bonds. The number of benzene rings is 1. The molecule has 1 aromatic heterocycles. The summed E-state index contributed by atoms with van der Waals surface area (Å²) in [4.78, 5) is 17.9. The number of amides is 1. The van der Waals surface area contributed by atoms with Crippen molar-refractivity contribution in [1.82, 2.24) is 19.6 Å². The lowest BCUT2D eigenvalue weighted by atomic mass is 10.00. The summed E-state index contributed by atoms with van der Waals surface area (Å²) in [6, 6.07) is 11.1. The summed E-state index contributed by atoms with van der Waals surface area (Å²) in [5.74, 6) is 0.178. The van der Waals surface area contributed by atoms with E-state index in [0.29, 0.717) is 6.54 Å². The third kappa shape index (κ3) is 5.10. The molecule has 0 aliphatic carbocycles. The lowest BCUT2D eigenvalue weighted by Crippen LogP contribution is -2.46. The van der Waals surface area contributed by atoms with Gasteiger partial charge in [-0.25, -0.2) is 0 Å². The van der Waals surface area contributed by atoms with E-state index in [1.54, 1.807) is 0 Å². The van der Waals surface area contributed by atoms with Crippen LogP contribution in [0.2, 0.25) is 0 Å². The molecule has 0 unspecified atom stereocenters. The van der Waals surface area contributed by atoms with E-state index in [-0.39, 0.29) is 11.9 Å². The van der Waals surface area contributed by atoms with Crippen molar-refractivity contribution < 1.29 is 9.53 Å². The van der Waals surface area contributed by atoms with Gasteiger partial charge in [0.1, 0.15) is 6.54 Å². The van der Waals surface area contributed by atoms with Crippen LogP contribution in [0.4, 0.5) is 0 Å². The topological polar surface area (TPSA) is 50.6 Å². The summed E-state index contributed by atoms with van der Waals surface area (Å²) < 4.78 is 7.38. The number of aryl methyl sites for hydroxylation is 2. The first-order valence-electron chi connectivity index (χ1n) is 11.3. The summed E-state index contributed by atoms with van der Waals surface area (Å²) >= 11 is 0. The molecule has 6 heteroatoms. The van der Waals surface area contributed by atoms with Gasteiger partial charge in [0.25, 0.3) is 0 Å². The van der Waals surface area contributed by atoms with Gasteiger partial charge in [-0.1, -0.05) is 24.3 Å². The largest absolute Gasteiger partial charge is 0.381 e. The Bertz CT molecular complexity index is 857. The van der Waals surface area contributed by atoms with E-state index in [1.165, 1.54) is 11.1 Å². The van der Waals surface area contributed by atoms with E-state index in [2.05, 4.69) is 39.2 Å². The molecule has 0 radical (unpaired) electrons. The minimum Gasteiger partial charge on any atom is -0.381 e. The molecular formula is C24H34N4O2. The van der Waals surface area contributed by atoms with E-state index < -0.39 is 0 Å². The molecule has 6 nitrogen and oxygen atoms in total. The van der Waals surface area contributed by atoms with Gasteiger partial charge in [-0.05, 0) is 56.7 Å². The first-order valence-corrected chi connectivity index (χ1v) is 11.3. The second-order valence-electron chi connectivity index (χ2n) is 8.66. The maximum Gasteiger partial charge on any atom is 0.244 e. The minimum absolute atomic E-state index is 0.178. The predicted molar refractivity (Wildman–Crippen MR) is 117 cm³/mol. The fourth-order valence-corrected chi connectivity index (χ4v) is 4.77. The molecule has 0 N–H and O–H groups in total. The highest BCUT2D eigenvalue weighted by atomic mass is 16.5. The quantitative estimate of drug-likeness (QED) is 0.704. The van der Waals surface area contributed by atoms with Crippen molar-refractivity contribution in [3.05, 3.63) is 52.8 Å². The third-order valence-electron chi connectivity index (χ3n) is 6.42. The fourth-order valence-electron chi connectivity index (χ4n) is 4.77. The van der Waals surface area contributed by atoms with E-state index in [4.69, 9.17) is 4.74 Å². The molecule has 0 spiro atoms. The average molecular weight is 411 g/mol. The van der Waals surface area contributed by atoms with E-state index in [9.17, 15) is 4.79 Å². The summed E-state index contributed by atoms with van der Waals surface area (Å²) in [6.45, 7) is 9.77. The Labute approximate surface area is 179 Å². The Hall–Kier alpha value is -2.18. The highest BCUT2D eigenvalue weighted by molar-refractivity contribution is 5.76. The number of carbonyl (C=O) groups excluding carboxylic acids is 1. The molecule has 1 aromatic carbocycles. The van der Waals surface area contributed by atoms with E-state index in [0.717, 1.165) is 76.5 Å². The average Bonchev–Trinajstić information content (AvgIpc) is 3.08. The third-order valence-corrected chi connectivity index (χ3v) is 6.42. The zero-order chi connectivity index (χ0) is 20.9. The van der Waals surface area contributed by atoms with Crippen LogP contribution in [-0.4, -0.2) is 64.4 Å². The molecule has 2 aliphatic heterocycles. The smallest absolute Gasteiger partial charge is 0.244 e. The maximum absolute atomic E-state index is 13.2. The molecular weight excluding hydrogens is 376 g/mol. The van der Waals surface area contributed by atoms with Crippen LogP contribution < -0.4 is 0 Å². The first-order chi connectivity index (χ1) is 14.6. The lowest BCUT2D eigenvalue weighted by Gasteiger charge is -2.35. The van der Waals surface area contributed by atoms with Crippen LogP contribution >= 0.6 is 0 Å². The van der Waals surface area contributed by atoms with Crippen LogP contribution in [-0.2, 0) is 29.0 Å². The summed E-state index contributed by atoms with van der Waals surface area (Å²) in [7, 11) is 0. The molecule has 0 saturated carbocycles. The molecule has 4 rings (SSSR count). The minimum atomic E-state index is 0.178. The number of rotatable bonds is 7. The van der Waals surface area contributed by atoms with Gasteiger partial charge < -0.3 is 9.64 Å². The zero-order valence-corrected chi connectivity index (χ0v) is 18.3. The predicted octanol–water partition coefficient (Wildman–Crippen LogP) is 2.96. The van der Waals surface area contributed by atoms with Crippen molar-refractivity contribution >= 4 is 5.91 Å². The van der Waals surface area contributed by atoms with Crippen LogP contribution in [0.5, 0.6) is 0 Å². The van der Waals surface area contributed by atoms with Crippen molar-refractivity contribution in [2.75, 3.05) is 32.8 Å². The molecule has 2 aromatic rings. The van der Waals surface area contributed by atoms with Crippen LogP contribution in [0, 0.1) is 13.8 Å². The second kappa shape index (κ2) is 9.75. The van der Waals surface area contributed by atoms with Crippen LogP contribution in [0.3, 0.4) is 0 Å². The lowest BCUT2D eigenvalue weighted by molar-refractivity contribution is -0.136. The molecule has 1 saturated heterocycles.